The fraction of sp³-hybridized carbons (Fsp3) is 0.457. The number of terminal acetylenes is 1. The fourth-order valence-corrected chi connectivity index (χ4v) is 8.04. The lowest BCUT2D eigenvalue weighted by molar-refractivity contribution is 0.107. The Kier molecular flexibility index (Phi) is 7.29. The third-order valence-corrected chi connectivity index (χ3v) is 10.3. The van der Waals surface area contributed by atoms with Gasteiger partial charge in [-0.25, -0.2) is 18.2 Å². The Morgan fingerprint density at radius 2 is 1.98 bits per heavy atom. The van der Waals surface area contributed by atoms with Gasteiger partial charge in [0.2, 0.25) is 0 Å². The van der Waals surface area contributed by atoms with E-state index < -0.39 is 23.3 Å². The molecule has 3 fully saturated rings. The van der Waals surface area contributed by atoms with E-state index in [-0.39, 0.29) is 52.1 Å². The van der Waals surface area contributed by atoms with Gasteiger partial charge in [-0.05, 0) is 55.8 Å². The maximum atomic E-state index is 17.2. The first kappa shape index (κ1) is 30.0. The SMILES string of the molecule is C#Cc1c(F)ccc2cc(O)cc(-c3nc4c5c(nc(OC[C@@]67CCCN6C[C@H](F)C7)nc5c3F)N3CCCOC[C@@H]3CCN4C)c12. The van der Waals surface area contributed by atoms with E-state index in [0.29, 0.717) is 61.7 Å². The predicted octanol–water partition coefficient (Wildman–Crippen LogP) is 5.20. The van der Waals surface area contributed by atoms with Crippen molar-refractivity contribution in [1.82, 2.24) is 19.9 Å². The summed E-state index contributed by atoms with van der Waals surface area (Å²) >= 11 is 0. The van der Waals surface area contributed by atoms with Gasteiger partial charge in [0, 0.05) is 50.7 Å². The summed E-state index contributed by atoms with van der Waals surface area (Å²) in [7, 11) is 1.87. The molecule has 4 aliphatic heterocycles. The van der Waals surface area contributed by atoms with E-state index in [1.165, 1.54) is 24.3 Å². The van der Waals surface area contributed by atoms with Crippen LogP contribution in [-0.2, 0) is 4.74 Å². The first-order valence-electron chi connectivity index (χ1n) is 16.2. The van der Waals surface area contributed by atoms with Gasteiger partial charge >= 0.3 is 6.01 Å². The molecule has 0 unspecified atom stereocenters. The molecule has 0 radical (unpaired) electrons. The molecule has 4 aromatic rings. The van der Waals surface area contributed by atoms with Crippen molar-refractivity contribution in [2.45, 2.75) is 49.9 Å². The Hall–Kier alpha value is -4.34. The summed E-state index contributed by atoms with van der Waals surface area (Å²) in [6.45, 7) is 3.67. The lowest BCUT2D eigenvalue weighted by Crippen LogP contribution is -2.44. The summed E-state index contributed by atoms with van der Waals surface area (Å²) in [4.78, 5) is 20.6. The number of phenols is 1. The standard InChI is InChI=1S/C35H35F3N6O3/c1-3-24-26(37)7-6-20-14-23(45)15-25(27(20)24)30-29(38)31-28-32(39-30)42(2)12-8-22-18-46-13-5-11-44(22)33(28)41-34(40-31)47-19-35-9-4-10-43(35)17-21(36)16-35/h1,6-7,14-15,21-22,45H,4-5,8-13,16-19H2,2H3/t21-,22+,35+/m1/s1. The van der Waals surface area contributed by atoms with Crippen LogP contribution in [0.3, 0.4) is 0 Å². The van der Waals surface area contributed by atoms with Crippen LogP contribution in [0.15, 0.2) is 24.3 Å². The minimum atomic E-state index is -0.929. The molecule has 9 nitrogen and oxygen atoms in total. The average molecular weight is 645 g/mol. The first-order valence-corrected chi connectivity index (χ1v) is 16.2. The summed E-state index contributed by atoms with van der Waals surface area (Å²) in [6.07, 6.45) is 8.42. The number of nitrogens with zero attached hydrogens (tertiary/aromatic N) is 6. The molecule has 8 rings (SSSR count). The molecule has 6 heterocycles. The van der Waals surface area contributed by atoms with Crippen molar-refractivity contribution in [1.29, 1.82) is 0 Å². The molecule has 244 valence electrons. The van der Waals surface area contributed by atoms with E-state index in [9.17, 15) is 9.50 Å². The van der Waals surface area contributed by atoms with E-state index in [2.05, 4.69) is 20.7 Å². The van der Waals surface area contributed by atoms with Crippen LogP contribution in [0.5, 0.6) is 11.8 Å². The second-order valence-electron chi connectivity index (χ2n) is 13.2. The first-order chi connectivity index (χ1) is 22.8. The van der Waals surface area contributed by atoms with Gasteiger partial charge in [0.25, 0.3) is 0 Å². The number of benzene rings is 2. The van der Waals surface area contributed by atoms with Gasteiger partial charge in [-0.1, -0.05) is 12.0 Å². The van der Waals surface area contributed by atoms with E-state index in [0.717, 1.165) is 32.2 Å². The quantitative estimate of drug-likeness (QED) is 0.302. The lowest BCUT2D eigenvalue weighted by Gasteiger charge is -2.36. The number of aromatic nitrogens is 3. The Bertz CT molecular complexity index is 1950. The van der Waals surface area contributed by atoms with Crippen molar-refractivity contribution in [2.24, 2.45) is 0 Å². The van der Waals surface area contributed by atoms with Crippen molar-refractivity contribution in [3.05, 3.63) is 41.5 Å². The monoisotopic (exact) mass is 644 g/mol. The normalized spacial score (nSPS) is 24.5. The van der Waals surface area contributed by atoms with Crippen LogP contribution in [0, 0.1) is 24.0 Å². The minimum Gasteiger partial charge on any atom is -0.508 e. The smallest absolute Gasteiger partial charge is 0.319 e. The number of alkyl halides is 1. The number of anilines is 2. The van der Waals surface area contributed by atoms with Crippen molar-refractivity contribution in [2.75, 3.05) is 62.8 Å². The zero-order chi connectivity index (χ0) is 32.4. The number of pyridine rings is 1. The van der Waals surface area contributed by atoms with Crippen molar-refractivity contribution in [3.8, 4) is 35.4 Å². The summed E-state index contributed by atoms with van der Waals surface area (Å²) in [6, 6.07) is 5.47. The van der Waals surface area contributed by atoms with Crippen LogP contribution in [0.2, 0.25) is 0 Å². The fourth-order valence-electron chi connectivity index (χ4n) is 8.04. The summed E-state index contributed by atoms with van der Waals surface area (Å²) in [5, 5.41) is 11.8. The molecule has 12 heteroatoms. The van der Waals surface area contributed by atoms with Gasteiger partial charge in [0.1, 0.15) is 47.2 Å². The number of fused-ring (bicyclic) bond motifs is 4. The van der Waals surface area contributed by atoms with Crippen molar-refractivity contribution < 1.29 is 27.8 Å². The molecular formula is C35H35F3N6O3. The van der Waals surface area contributed by atoms with Crippen LogP contribution in [-0.4, -0.2) is 95.8 Å². The summed E-state index contributed by atoms with van der Waals surface area (Å²) in [5.41, 5.74) is -0.522. The van der Waals surface area contributed by atoms with Crippen LogP contribution in [0.4, 0.5) is 24.8 Å². The van der Waals surface area contributed by atoms with Crippen LogP contribution in [0.1, 0.15) is 37.7 Å². The number of ether oxygens (including phenoxy) is 2. The summed E-state index contributed by atoms with van der Waals surface area (Å²) < 4.78 is 59.0. The molecule has 1 N–H and O–H groups in total. The second kappa shape index (κ2) is 11.4. The zero-order valence-electron chi connectivity index (χ0n) is 26.1. The number of rotatable bonds is 4. The molecular weight excluding hydrogens is 609 g/mol. The van der Waals surface area contributed by atoms with Gasteiger partial charge in [-0.2, -0.15) is 9.97 Å². The van der Waals surface area contributed by atoms with Gasteiger partial charge in [0.15, 0.2) is 5.82 Å². The zero-order valence-corrected chi connectivity index (χ0v) is 26.1. The van der Waals surface area contributed by atoms with E-state index in [1.807, 2.05) is 11.9 Å². The molecule has 3 saturated heterocycles. The highest BCUT2D eigenvalue weighted by molar-refractivity contribution is 6.06. The Morgan fingerprint density at radius 3 is 2.83 bits per heavy atom. The predicted molar refractivity (Wildman–Crippen MR) is 173 cm³/mol. The van der Waals surface area contributed by atoms with Crippen molar-refractivity contribution >= 4 is 33.3 Å². The minimum absolute atomic E-state index is 0.0127. The number of hydrogen-bond donors (Lipinski definition) is 1. The molecule has 47 heavy (non-hydrogen) atoms. The van der Waals surface area contributed by atoms with Crippen LogP contribution in [0.25, 0.3) is 32.9 Å². The highest BCUT2D eigenvalue weighted by atomic mass is 19.1. The molecule has 0 bridgehead atoms. The lowest BCUT2D eigenvalue weighted by atomic mass is 9.95. The van der Waals surface area contributed by atoms with Crippen LogP contribution < -0.4 is 14.5 Å². The van der Waals surface area contributed by atoms with E-state index in [4.69, 9.17) is 25.9 Å². The highest BCUT2D eigenvalue weighted by Crippen LogP contribution is 2.44. The van der Waals surface area contributed by atoms with Crippen LogP contribution >= 0.6 is 0 Å². The molecule has 2 aromatic heterocycles. The maximum absolute atomic E-state index is 17.2. The number of hydrogen-bond acceptors (Lipinski definition) is 9. The molecule has 0 amide bonds. The molecule has 3 atom stereocenters. The Morgan fingerprint density at radius 1 is 1.11 bits per heavy atom. The van der Waals surface area contributed by atoms with Gasteiger partial charge < -0.3 is 24.4 Å². The second-order valence-corrected chi connectivity index (χ2v) is 13.2. The third kappa shape index (κ3) is 4.90. The maximum Gasteiger partial charge on any atom is 0.319 e. The van der Waals surface area contributed by atoms with Gasteiger partial charge in [-0.3, -0.25) is 4.90 Å². The highest BCUT2D eigenvalue weighted by Gasteiger charge is 2.49. The van der Waals surface area contributed by atoms with Gasteiger partial charge in [0.05, 0.1) is 29.1 Å². The molecule has 4 aliphatic rings. The number of phenolic OH excluding ortho intramolecular Hbond substituents is 1. The number of aromatic hydroxyl groups is 1. The Balaban J connectivity index is 1.36. The molecule has 0 saturated carbocycles. The van der Waals surface area contributed by atoms with E-state index >= 15 is 8.78 Å². The van der Waals surface area contributed by atoms with Gasteiger partial charge in [-0.15, -0.1) is 6.42 Å². The summed E-state index contributed by atoms with van der Waals surface area (Å²) in [5.74, 6) is 1.76. The molecule has 2 aromatic carbocycles. The third-order valence-electron chi connectivity index (χ3n) is 10.3. The van der Waals surface area contributed by atoms with Crippen molar-refractivity contribution in [3.63, 3.8) is 0 Å². The largest absolute Gasteiger partial charge is 0.508 e. The average Bonchev–Trinajstić information content (AvgIpc) is 3.47. The molecule has 0 aliphatic carbocycles. The Labute approximate surface area is 270 Å². The number of halogens is 3. The topological polar surface area (TPSA) is 87.1 Å². The molecule has 0 spiro atoms. The van der Waals surface area contributed by atoms with E-state index in [1.54, 1.807) is 0 Å².